The Kier molecular flexibility index (Phi) is 7.77. The van der Waals surface area contributed by atoms with Gasteiger partial charge in [-0.2, -0.15) is 19.9 Å². The van der Waals surface area contributed by atoms with Crippen LogP contribution in [0.15, 0.2) is 42.5 Å². The van der Waals surface area contributed by atoms with Gasteiger partial charge in [0.05, 0.1) is 37.8 Å². The molecule has 3 atom stereocenters. The Bertz CT molecular complexity index is 966. The maximum atomic E-state index is 5.71. The quantitative estimate of drug-likeness (QED) is 0.395. The van der Waals surface area contributed by atoms with E-state index in [-0.39, 0.29) is 17.8 Å². The Morgan fingerprint density at radius 2 is 1.12 bits per heavy atom. The van der Waals surface area contributed by atoms with Gasteiger partial charge in [-0.15, -0.1) is 0 Å². The maximum absolute atomic E-state index is 5.71. The molecule has 34 heavy (non-hydrogen) atoms. The zero-order valence-electron chi connectivity index (χ0n) is 20.2. The van der Waals surface area contributed by atoms with E-state index in [0.29, 0.717) is 50.2 Å². The summed E-state index contributed by atoms with van der Waals surface area (Å²) in [5, 5.41) is 0. The molecule has 0 unspecified atom stereocenters. The third kappa shape index (κ3) is 5.21. The van der Waals surface area contributed by atoms with E-state index in [4.69, 9.17) is 28.9 Å². The van der Waals surface area contributed by atoms with E-state index >= 15 is 0 Å². The highest BCUT2D eigenvalue weighted by Gasteiger charge is 2.46. The van der Waals surface area contributed by atoms with Gasteiger partial charge in [0.1, 0.15) is 0 Å². The highest BCUT2D eigenvalue weighted by Crippen LogP contribution is 2.58. The topological polar surface area (TPSA) is 88.5 Å². The molecule has 8 nitrogen and oxygen atoms in total. The first-order chi connectivity index (χ1) is 16.7. The first-order valence-electron chi connectivity index (χ1n) is 12.0. The van der Waals surface area contributed by atoms with Gasteiger partial charge in [0.15, 0.2) is 0 Å². The normalized spacial score (nSPS) is 19.2. The van der Waals surface area contributed by atoms with Gasteiger partial charge in [-0.1, -0.05) is 30.3 Å². The van der Waals surface area contributed by atoms with Crippen LogP contribution in [-0.4, -0.2) is 46.4 Å². The van der Waals surface area contributed by atoms with E-state index in [1.165, 1.54) is 5.56 Å². The van der Waals surface area contributed by atoms with Crippen molar-refractivity contribution in [1.82, 2.24) is 19.9 Å². The van der Waals surface area contributed by atoms with Gasteiger partial charge in [0, 0.05) is 29.9 Å². The monoisotopic (exact) mass is 464 g/mol. The standard InChI is InChI=1S/C26H32N4O4/c1-5-31-22-15-20(27-25(29-22)33-7-3)18-14-19(24(18)17-12-10-9-11-13-17)21-16-23(32-6-2)30-26(28-21)34-8-4/h9-13,15-16,18-19,24H,5-8,14H2,1-4H3/t18-,19+,24-. The van der Waals surface area contributed by atoms with Gasteiger partial charge < -0.3 is 18.9 Å². The summed E-state index contributed by atoms with van der Waals surface area (Å²) in [6, 6.07) is 15.0. The minimum Gasteiger partial charge on any atom is -0.478 e. The third-order valence-corrected chi connectivity index (χ3v) is 5.85. The molecule has 4 rings (SSSR count). The van der Waals surface area contributed by atoms with Gasteiger partial charge in [0.2, 0.25) is 11.8 Å². The largest absolute Gasteiger partial charge is 0.478 e. The van der Waals surface area contributed by atoms with Crippen LogP contribution in [0.3, 0.4) is 0 Å². The van der Waals surface area contributed by atoms with Crippen LogP contribution in [0, 0.1) is 0 Å². The molecule has 1 saturated carbocycles. The Labute approximate surface area is 200 Å². The summed E-state index contributed by atoms with van der Waals surface area (Å²) in [6.07, 6.45) is 0.863. The van der Waals surface area contributed by atoms with Crippen LogP contribution >= 0.6 is 0 Å². The molecule has 0 spiro atoms. The van der Waals surface area contributed by atoms with E-state index in [1.54, 1.807) is 0 Å². The molecule has 1 aliphatic rings. The molecule has 1 fully saturated rings. The lowest BCUT2D eigenvalue weighted by Crippen LogP contribution is -2.33. The van der Waals surface area contributed by atoms with Crippen LogP contribution in [0.1, 0.15) is 68.8 Å². The van der Waals surface area contributed by atoms with E-state index in [1.807, 2.05) is 45.9 Å². The first-order valence-corrected chi connectivity index (χ1v) is 12.0. The Hall–Kier alpha value is -3.42. The molecule has 0 amide bonds. The summed E-state index contributed by atoms with van der Waals surface area (Å²) in [5.74, 6) is 1.56. The average Bonchev–Trinajstić information content (AvgIpc) is 2.80. The van der Waals surface area contributed by atoms with Crippen molar-refractivity contribution in [2.45, 2.75) is 51.9 Å². The molecule has 8 heteroatoms. The highest BCUT2D eigenvalue weighted by molar-refractivity contribution is 5.39. The zero-order chi connectivity index (χ0) is 23.9. The van der Waals surface area contributed by atoms with E-state index in [0.717, 1.165) is 17.8 Å². The predicted octanol–water partition coefficient (Wildman–Crippen LogP) is 4.92. The molecule has 2 aromatic heterocycles. The molecule has 3 aromatic rings. The molecule has 180 valence electrons. The Balaban J connectivity index is 1.73. The van der Waals surface area contributed by atoms with Crippen LogP contribution in [0.2, 0.25) is 0 Å². The summed E-state index contributed by atoms with van der Waals surface area (Å²) >= 11 is 0. The highest BCUT2D eigenvalue weighted by atomic mass is 16.5. The summed E-state index contributed by atoms with van der Waals surface area (Å²) in [4.78, 5) is 18.2. The summed E-state index contributed by atoms with van der Waals surface area (Å²) < 4.78 is 22.7. The van der Waals surface area contributed by atoms with Crippen LogP contribution in [0.5, 0.6) is 23.8 Å². The third-order valence-electron chi connectivity index (χ3n) is 5.85. The Morgan fingerprint density at radius 1 is 0.647 bits per heavy atom. The molecule has 0 bridgehead atoms. The number of benzene rings is 1. The van der Waals surface area contributed by atoms with Gasteiger partial charge in [-0.25, -0.2) is 0 Å². The minimum absolute atomic E-state index is 0.162. The second-order valence-corrected chi connectivity index (χ2v) is 7.94. The van der Waals surface area contributed by atoms with Crippen molar-refractivity contribution in [3.8, 4) is 23.8 Å². The number of rotatable bonds is 11. The van der Waals surface area contributed by atoms with E-state index in [2.05, 4.69) is 34.2 Å². The number of hydrogen-bond acceptors (Lipinski definition) is 8. The number of nitrogens with zero attached hydrogens (tertiary/aromatic N) is 4. The fourth-order valence-corrected chi connectivity index (χ4v) is 4.45. The lowest BCUT2D eigenvalue weighted by molar-refractivity contribution is 0.250. The molecular weight excluding hydrogens is 432 g/mol. The van der Waals surface area contributed by atoms with Crippen LogP contribution < -0.4 is 18.9 Å². The number of ether oxygens (including phenoxy) is 4. The molecule has 2 heterocycles. The second-order valence-electron chi connectivity index (χ2n) is 7.94. The smallest absolute Gasteiger partial charge is 0.319 e. The predicted molar refractivity (Wildman–Crippen MR) is 128 cm³/mol. The zero-order valence-corrected chi connectivity index (χ0v) is 20.2. The minimum atomic E-state index is 0.162. The van der Waals surface area contributed by atoms with Crippen molar-refractivity contribution in [1.29, 1.82) is 0 Å². The van der Waals surface area contributed by atoms with Crippen molar-refractivity contribution >= 4 is 0 Å². The van der Waals surface area contributed by atoms with Crippen molar-refractivity contribution in [2.24, 2.45) is 0 Å². The number of aromatic nitrogens is 4. The molecule has 0 saturated heterocycles. The molecule has 1 aromatic carbocycles. The molecule has 1 aliphatic carbocycles. The van der Waals surface area contributed by atoms with Gasteiger partial charge in [-0.05, 0) is 39.7 Å². The van der Waals surface area contributed by atoms with E-state index in [9.17, 15) is 0 Å². The number of hydrogen-bond donors (Lipinski definition) is 0. The maximum Gasteiger partial charge on any atom is 0.319 e. The summed E-state index contributed by atoms with van der Waals surface area (Å²) in [5.41, 5.74) is 3.06. The lowest BCUT2D eigenvalue weighted by Gasteiger charge is -2.44. The van der Waals surface area contributed by atoms with Crippen LogP contribution in [0.25, 0.3) is 0 Å². The van der Waals surface area contributed by atoms with Crippen molar-refractivity contribution in [3.63, 3.8) is 0 Å². The fourth-order valence-electron chi connectivity index (χ4n) is 4.45. The van der Waals surface area contributed by atoms with Gasteiger partial charge >= 0.3 is 12.0 Å². The molecular formula is C26H32N4O4. The summed E-state index contributed by atoms with van der Waals surface area (Å²) in [6.45, 7) is 9.76. The summed E-state index contributed by atoms with van der Waals surface area (Å²) in [7, 11) is 0. The first kappa shape index (κ1) is 23.7. The SMILES string of the molecule is CCOc1cc([C@H]2C[C@@H](c3cc(OCC)nc(OCC)n3)[C@@H]2c2ccccc2)nc(OCC)n1. The lowest BCUT2D eigenvalue weighted by atomic mass is 9.59. The Morgan fingerprint density at radius 3 is 1.56 bits per heavy atom. The molecule has 0 aliphatic heterocycles. The van der Waals surface area contributed by atoms with Crippen molar-refractivity contribution < 1.29 is 18.9 Å². The van der Waals surface area contributed by atoms with Crippen LogP contribution in [0.4, 0.5) is 0 Å². The van der Waals surface area contributed by atoms with Crippen molar-refractivity contribution in [3.05, 3.63) is 59.4 Å². The van der Waals surface area contributed by atoms with E-state index < -0.39 is 0 Å². The second kappa shape index (κ2) is 11.1. The molecule has 0 N–H and O–H groups in total. The molecule has 0 radical (unpaired) electrons. The average molecular weight is 465 g/mol. The van der Waals surface area contributed by atoms with Crippen LogP contribution in [-0.2, 0) is 0 Å². The van der Waals surface area contributed by atoms with Crippen molar-refractivity contribution in [2.75, 3.05) is 26.4 Å². The van der Waals surface area contributed by atoms with Gasteiger partial charge in [-0.3, -0.25) is 0 Å². The fraction of sp³-hybridized carbons (Fsp3) is 0.462. The van der Waals surface area contributed by atoms with Gasteiger partial charge in [0.25, 0.3) is 0 Å².